The molecule has 0 unspecified atom stereocenters. The second-order valence-corrected chi connectivity index (χ2v) is 7.03. The fourth-order valence-corrected chi connectivity index (χ4v) is 2.47. The normalized spacial score (nSPS) is 12.6. The predicted molar refractivity (Wildman–Crippen MR) is 68.1 cm³/mol. The van der Waals surface area contributed by atoms with Crippen LogP contribution >= 0.6 is 10.7 Å². The van der Waals surface area contributed by atoms with Crippen LogP contribution in [0.15, 0.2) is 46.2 Å². The zero-order chi connectivity index (χ0) is 13.4. The van der Waals surface area contributed by atoms with Gasteiger partial charge in [-0.15, -0.1) is 0 Å². The lowest BCUT2D eigenvalue weighted by molar-refractivity contribution is 0.547. The Morgan fingerprint density at radius 3 is 2.28 bits per heavy atom. The van der Waals surface area contributed by atoms with Gasteiger partial charge in [-0.3, -0.25) is 0 Å². The van der Waals surface area contributed by atoms with Crippen molar-refractivity contribution in [3.05, 3.63) is 48.2 Å². The minimum Gasteiger partial charge on any atom is -0.451 e. The third-order valence-electron chi connectivity index (χ3n) is 2.93. The first-order valence-corrected chi connectivity index (χ1v) is 7.56. The second kappa shape index (κ2) is 4.40. The summed E-state index contributed by atoms with van der Waals surface area (Å²) in [6.45, 7) is 3.96. The minimum absolute atomic E-state index is 0.0869. The first kappa shape index (κ1) is 13.1. The summed E-state index contributed by atoms with van der Waals surface area (Å²) in [5.74, 6) is 0. The molecule has 0 atom stereocenters. The third kappa shape index (κ3) is 2.42. The van der Waals surface area contributed by atoms with Gasteiger partial charge in [0.1, 0.15) is 6.26 Å². The number of rotatable bonds is 3. The minimum atomic E-state index is -3.68. The van der Waals surface area contributed by atoms with Gasteiger partial charge in [-0.1, -0.05) is 26.0 Å². The molecule has 1 aromatic carbocycles. The molecule has 4 nitrogen and oxygen atoms in total. The van der Waals surface area contributed by atoms with Crippen LogP contribution in [0.1, 0.15) is 25.1 Å². The van der Waals surface area contributed by atoms with Crippen molar-refractivity contribution in [1.29, 1.82) is 0 Å². The van der Waals surface area contributed by atoms with Crippen molar-refractivity contribution in [3.63, 3.8) is 0 Å². The van der Waals surface area contributed by atoms with Crippen molar-refractivity contribution < 1.29 is 12.8 Å². The SMILES string of the molecule is CC(C)(c1ccc(S(=O)(=O)Cl)cc1)c1cocn1. The Balaban J connectivity index is 2.42. The maximum Gasteiger partial charge on any atom is 0.261 e. The molecule has 6 heteroatoms. The largest absolute Gasteiger partial charge is 0.451 e. The van der Waals surface area contributed by atoms with Gasteiger partial charge in [0.15, 0.2) is 6.39 Å². The summed E-state index contributed by atoms with van der Waals surface area (Å²) in [7, 11) is 1.59. The number of benzene rings is 1. The Labute approximate surface area is 110 Å². The molecule has 0 amide bonds. The molecule has 2 aromatic rings. The lowest BCUT2D eigenvalue weighted by Crippen LogP contribution is -2.19. The Bertz CT molecular complexity index is 630. The van der Waals surface area contributed by atoms with E-state index in [1.165, 1.54) is 18.5 Å². The molecule has 0 aliphatic heterocycles. The highest BCUT2D eigenvalue weighted by Gasteiger charge is 2.26. The zero-order valence-electron chi connectivity index (χ0n) is 9.92. The molecule has 0 radical (unpaired) electrons. The summed E-state index contributed by atoms with van der Waals surface area (Å²) in [5.41, 5.74) is 1.35. The van der Waals surface area contributed by atoms with Crippen LogP contribution in [0.2, 0.25) is 0 Å². The van der Waals surface area contributed by atoms with Crippen LogP contribution in [-0.4, -0.2) is 13.4 Å². The van der Waals surface area contributed by atoms with Gasteiger partial charge in [0.05, 0.1) is 10.6 Å². The number of hydrogen-bond acceptors (Lipinski definition) is 4. The molecule has 0 aliphatic carbocycles. The fraction of sp³-hybridized carbons (Fsp3) is 0.250. The van der Waals surface area contributed by atoms with Gasteiger partial charge >= 0.3 is 0 Å². The molecule has 18 heavy (non-hydrogen) atoms. The molecule has 0 aliphatic rings. The monoisotopic (exact) mass is 285 g/mol. The third-order valence-corrected chi connectivity index (χ3v) is 4.30. The number of aromatic nitrogens is 1. The summed E-state index contributed by atoms with van der Waals surface area (Å²) < 4.78 is 27.3. The number of oxazole rings is 1. The van der Waals surface area contributed by atoms with Crippen molar-refractivity contribution in [1.82, 2.24) is 4.98 Å². The van der Waals surface area contributed by atoms with E-state index in [2.05, 4.69) is 4.98 Å². The summed E-state index contributed by atoms with van der Waals surface area (Å²) >= 11 is 0. The van der Waals surface area contributed by atoms with E-state index in [9.17, 15) is 8.42 Å². The van der Waals surface area contributed by atoms with Crippen LogP contribution in [-0.2, 0) is 14.5 Å². The second-order valence-electron chi connectivity index (χ2n) is 4.46. The van der Waals surface area contributed by atoms with Gasteiger partial charge in [0.2, 0.25) is 0 Å². The molecular weight excluding hydrogens is 274 g/mol. The van der Waals surface area contributed by atoms with E-state index in [-0.39, 0.29) is 10.3 Å². The lowest BCUT2D eigenvalue weighted by Gasteiger charge is -2.22. The van der Waals surface area contributed by atoms with E-state index in [4.69, 9.17) is 15.1 Å². The summed E-state index contributed by atoms with van der Waals surface area (Å²) in [6, 6.07) is 6.42. The molecule has 0 bridgehead atoms. The van der Waals surface area contributed by atoms with Crippen LogP contribution in [0, 0.1) is 0 Å². The van der Waals surface area contributed by atoms with Crippen molar-refractivity contribution in [3.8, 4) is 0 Å². The number of halogens is 1. The van der Waals surface area contributed by atoms with Crippen LogP contribution < -0.4 is 0 Å². The van der Waals surface area contributed by atoms with Crippen molar-refractivity contribution in [2.24, 2.45) is 0 Å². The average Bonchev–Trinajstić information content (AvgIpc) is 2.82. The highest BCUT2D eigenvalue weighted by atomic mass is 35.7. The number of nitrogens with zero attached hydrogens (tertiary/aromatic N) is 1. The van der Waals surface area contributed by atoms with Gasteiger partial charge in [0.25, 0.3) is 9.05 Å². The van der Waals surface area contributed by atoms with Crippen LogP contribution in [0.4, 0.5) is 0 Å². The number of hydrogen-bond donors (Lipinski definition) is 0. The fourth-order valence-electron chi connectivity index (χ4n) is 1.70. The lowest BCUT2D eigenvalue weighted by atomic mass is 9.82. The van der Waals surface area contributed by atoms with Crippen LogP contribution in [0.5, 0.6) is 0 Å². The highest BCUT2D eigenvalue weighted by Crippen LogP contribution is 2.31. The Morgan fingerprint density at radius 1 is 1.22 bits per heavy atom. The highest BCUT2D eigenvalue weighted by molar-refractivity contribution is 8.13. The molecule has 0 saturated carbocycles. The maximum atomic E-state index is 11.2. The smallest absolute Gasteiger partial charge is 0.261 e. The molecule has 0 spiro atoms. The van der Waals surface area contributed by atoms with Crippen LogP contribution in [0.25, 0.3) is 0 Å². The molecule has 1 heterocycles. The van der Waals surface area contributed by atoms with E-state index in [1.807, 2.05) is 13.8 Å². The molecule has 0 saturated heterocycles. The van der Waals surface area contributed by atoms with Gasteiger partial charge < -0.3 is 4.42 Å². The summed E-state index contributed by atoms with van der Waals surface area (Å²) in [4.78, 5) is 4.21. The molecule has 2 rings (SSSR count). The standard InChI is InChI=1S/C12H12ClNO3S/c1-12(2,11-7-17-8-14-11)9-3-5-10(6-4-9)18(13,15)16/h3-8H,1-2H3. The molecule has 96 valence electrons. The Hall–Kier alpha value is -1.33. The van der Waals surface area contributed by atoms with Crippen LogP contribution in [0.3, 0.4) is 0 Å². The molecular formula is C12H12ClNO3S. The predicted octanol–water partition coefficient (Wildman–Crippen LogP) is 2.93. The van der Waals surface area contributed by atoms with Crippen molar-refractivity contribution in [2.75, 3.05) is 0 Å². The first-order valence-electron chi connectivity index (χ1n) is 5.26. The van der Waals surface area contributed by atoms with E-state index in [1.54, 1.807) is 18.4 Å². The van der Waals surface area contributed by atoms with E-state index < -0.39 is 9.05 Å². The van der Waals surface area contributed by atoms with E-state index in [0.717, 1.165) is 11.3 Å². The Morgan fingerprint density at radius 2 is 1.83 bits per heavy atom. The molecule has 1 aromatic heterocycles. The molecule has 0 N–H and O–H groups in total. The van der Waals surface area contributed by atoms with Gasteiger partial charge in [-0.2, -0.15) is 0 Å². The zero-order valence-corrected chi connectivity index (χ0v) is 11.5. The van der Waals surface area contributed by atoms with Crippen molar-refractivity contribution >= 4 is 19.7 Å². The van der Waals surface area contributed by atoms with Crippen molar-refractivity contribution in [2.45, 2.75) is 24.2 Å². The van der Waals surface area contributed by atoms with Gasteiger partial charge in [-0.25, -0.2) is 13.4 Å². The Kier molecular flexibility index (Phi) is 3.21. The van der Waals surface area contributed by atoms with E-state index in [0.29, 0.717) is 0 Å². The summed E-state index contributed by atoms with van der Waals surface area (Å²) in [6.07, 6.45) is 2.95. The van der Waals surface area contributed by atoms with Gasteiger partial charge in [-0.05, 0) is 17.7 Å². The summed E-state index contributed by atoms with van der Waals surface area (Å²) in [5, 5.41) is 0. The topological polar surface area (TPSA) is 60.2 Å². The molecule has 0 fully saturated rings. The maximum absolute atomic E-state index is 11.2. The van der Waals surface area contributed by atoms with Gasteiger partial charge in [0, 0.05) is 16.1 Å². The van der Waals surface area contributed by atoms with E-state index >= 15 is 0 Å². The quantitative estimate of drug-likeness (QED) is 0.814. The average molecular weight is 286 g/mol. The first-order chi connectivity index (χ1) is 8.32.